The number of hydroxylamine groups is 1. The smallest absolute Gasteiger partial charge is 0.244 e. The van der Waals surface area contributed by atoms with Crippen LogP contribution in [0.3, 0.4) is 0 Å². The molecule has 2 bridgehead atoms. The number of nitrogens with one attached hydrogen (secondary N) is 3. The van der Waals surface area contributed by atoms with Crippen LogP contribution in [0, 0.1) is 5.92 Å². The number of hydrogen-bond acceptors (Lipinski definition) is 4. The highest BCUT2D eigenvalue weighted by Gasteiger charge is 2.28. The van der Waals surface area contributed by atoms with Crippen molar-refractivity contribution in [3.05, 3.63) is 71.9 Å². The van der Waals surface area contributed by atoms with E-state index in [4.69, 9.17) is 4.84 Å². The van der Waals surface area contributed by atoms with Gasteiger partial charge in [-0.3, -0.25) is 19.2 Å². The van der Waals surface area contributed by atoms with Crippen LogP contribution in [0.5, 0.6) is 0 Å². The quantitative estimate of drug-likeness (QED) is 0.355. The minimum absolute atomic E-state index is 0.0118. The number of nitrogens with zero attached hydrogens (tertiary/aromatic N) is 1. The Kier molecular flexibility index (Phi) is 10.5. The summed E-state index contributed by atoms with van der Waals surface area (Å²) in [6.45, 7) is 3.74. The van der Waals surface area contributed by atoms with Crippen LogP contribution >= 0.6 is 0 Å². The minimum atomic E-state index is -0.728. The Labute approximate surface area is 230 Å². The topological polar surface area (TPSA) is 101 Å². The van der Waals surface area contributed by atoms with Gasteiger partial charge < -0.3 is 15.2 Å². The standard InChI is InChI=1S/C31H40N4O4/c1-2-12-24(20-29(36)34-39-22-23-13-6-5-7-14-23)30(37)33-27-19-25-21-35(28-16-9-8-15-26(25)28)18-11-4-3-10-17-32-31(27)38/h5-9,13-16,21,24,27H,2-4,10-12,17-20,22H2,1H3,(H,32,38)(H,33,37)(H,34,36)/t24-,27+/m1/s1. The number of aryl methyl sites for hydroxylation is 1. The summed E-state index contributed by atoms with van der Waals surface area (Å²) in [5.74, 6) is -1.40. The van der Waals surface area contributed by atoms with Gasteiger partial charge in [0.25, 0.3) is 0 Å². The molecule has 3 N–H and O–H groups in total. The van der Waals surface area contributed by atoms with Gasteiger partial charge >= 0.3 is 0 Å². The summed E-state index contributed by atoms with van der Waals surface area (Å²) in [5, 5.41) is 7.11. The first kappa shape index (κ1) is 28.4. The molecule has 1 aliphatic heterocycles. The maximum absolute atomic E-state index is 13.4. The van der Waals surface area contributed by atoms with Gasteiger partial charge in [0, 0.05) is 48.9 Å². The van der Waals surface area contributed by atoms with E-state index in [2.05, 4.69) is 39.0 Å². The Balaban J connectivity index is 1.44. The zero-order valence-electron chi connectivity index (χ0n) is 22.8. The third-order valence-electron chi connectivity index (χ3n) is 7.26. The second kappa shape index (κ2) is 14.5. The van der Waals surface area contributed by atoms with Crippen LogP contribution < -0.4 is 16.1 Å². The van der Waals surface area contributed by atoms with Crippen LogP contribution in [0.25, 0.3) is 10.9 Å². The monoisotopic (exact) mass is 532 g/mol. The van der Waals surface area contributed by atoms with Crippen molar-refractivity contribution >= 4 is 28.6 Å². The van der Waals surface area contributed by atoms with Crippen molar-refractivity contribution in [3.8, 4) is 0 Å². The lowest BCUT2D eigenvalue weighted by Crippen LogP contribution is -2.50. The predicted octanol–water partition coefficient (Wildman–Crippen LogP) is 4.41. The molecule has 2 heterocycles. The normalized spacial score (nSPS) is 17.3. The maximum Gasteiger partial charge on any atom is 0.244 e. The van der Waals surface area contributed by atoms with Gasteiger partial charge in [0.2, 0.25) is 17.7 Å². The van der Waals surface area contributed by atoms with Gasteiger partial charge in [-0.2, -0.15) is 0 Å². The highest BCUT2D eigenvalue weighted by Crippen LogP contribution is 2.24. The van der Waals surface area contributed by atoms with Crippen molar-refractivity contribution in [1.29, 1.82) is 0 Å². The molecule has 0 saturated heterocycles. The van der Waals surface area contributed by atoms with E-state index in [9.17, 15) is 14.4 Å². The van der Waals surface area contributed by atoms with Gasteiger partial charge in [-0.15, -0.1) is 0 Å². The molecular weight excluding hydrogens is 492 g/mol. The Hall–Kier alpha value is -3.65. The van der Waals surface area contributed by atoms with E-state index in [0.29, 0.717) is 19.4 Å². The SMILES string of the molecule is CCC[C@H](CC(=O)NOCc1ccccc1)C(=O)N[C@H]1Cc2cn(c3ccccc23)CCCCCCNC1=O. The van der Waals surface area contributed by atoms with Crippen LogP contribution in [0.2, 0.25) is 0 Å². The number of benzene rings is 2. The molecular formula is C31H40N4O4. The van der Waals surface area contributed by atoms with E-state index in [1.807, 2.05) is 49.4 Å². The van der Waals surface area contributed by atoms with Gasteiger partial charge in [0.1, 0.15) is 6.04 Å². The van der Waals surface area contributed by atoms with Crippen LogP contribution in [-0.2, 0) is 38.8 Å². The number of para-hydroxylation sites is 1. The number of rotatable bonds is 9. The molecule has 3 aromatic rings. The third-order valence-corrected chi connectivity index (χ3v) is 7.26. The van der Waals surface area contributed by atoms with Gasteiger partial charge in [-0.25, -0.2) is 5.48 Å². The number of carbonyl (C=O) groups is 3. The lowest BCUT2D eigenvalue weighted by molar-refractivity contribution is -0.139. The summed E-state index contributed by atoms with van der Waals surface area (Å²) < 4.78 is 2.26. The first-order valence-electron chi connectivity index (χ1n) is 14.1. The number of hydrogen-bond donors (Lipinski definition) is 3. The highest BCUT2D eigenvalue weighted by atomic mass is 16.6. The average Bonchev–Trinajstić information content (AvgIpc) is 3.29. The molecule has 4 rings (SSSR count). The van der Waals surface area contributed by atoms with E-state index < -0.39 is 12.0 Å². The number of carbonyl (C=O) groups excluding carboxylic acids is 3. The van der Waals surface area contributed by atoms with Crippen LogP contribution in [0.4, 0.5) is 0 Å². The first-order chi connectivity index (χ1) is 19.0. The van der Waals surface area contributed by atoms with Crippen LogP contribution in [0.15, 0.2) is 60.8 Å². The number of amides is 3. The molecule has 3 amide bonds. The highest BCUT2D eigenvalue weighted by molar-refractivity contribution is 5.91. The van der Waals surface area contributed by atoms with Crippen molar-refractivity contribution in [2.45, 2.75) is 77.5 Å². The zero-order valence-corrected chi connectivity index (χ0v) is 22.8. The number of aromatic nitrogens is 1. The first-order valence-corrected chi connectivity index (χ1v) is 14.1. The molecule has 1 aliphatic rings. The van der Waals surface area contributed by atoms with Crippen molar-refractivity contribution in [1.82, 2.24) is 20.7 Å². The molecule has 0 saturated carbocycles. The summed E-state index contributed by atoms with van der Waals surface area (Å²) in [6.07, 6.45) is 7.91. The van der Waals surface area contributed by atoms with Crippen molar-refractivity contribution < 1.29 is 19.2 Å². The molecule has 2 aromatic carbocycles. The van der Waals surface area contributed by atoms with E-state index in [1.54, 1.807) is 0 Å². The van der Waals surface area contributed by atoms with Crippen LogP contribution in [-0.4, -0.2) is 34.9 Å². The Bertz CT molecular complexity index is 1240. The predicted molar refractivity (Wildman–Crippen MR) is 151 cm³/mol. The summed E-state index contributed by atoms with van der Waals surface area (Å²) in [5.41, 5.74) is 5.57. The van der Waals surface area contributed by atoms with Gasteiger partial charge in [0.05, 0.1) is 6.61 Å². The second-order valence-electron chi connectivity index (χ2n) is 10.3. The van der Waals surface area contributed by atoms with E-state index in [1.165, 1.54) is 0 Å². The molecule has 39 heavy (non-hydrogen) atoms. The van der Waals surface area contributed by atoms with E-state index in [-0.39, 0.29) is 30.7 Å². The van der Waals surface area contributed by atoms with Crippen molar-refractivity contribution in [2.24, 2.45) is 5.92 Å². The maximum atomic E-state index is 13.4. The summed E-state index contributed by atoms with van der Waals surface area (Å²) in [7, 11) is 0. The lowest BCUT2D eigenvalue weighted by Gasteiger charge is -2.22. The molecule has 0 radical (unpaired) electrons. The van der Waals surface area contributed by atoms with Gasteiger partial charge in [-0.1, -0.05) is 74.7 Å². The zero-order chi connectivity index (χ0) is 27.5. The summed E-state index contributed by atoms with van der Waals surface area (Å²) >= 11 is 0. The molecule has 0 aliphatic carbocycles. The Morgan fingerprint density at radius 2 is 1.82 bits per heavy atom. The molecule has 1 aromatic heterocycles. The van der Waals surface area contributed by atoms with Crippen LogP contribution in [0.1, 0.15) is 63.0 Å². The van der Waals surface area contributed by atoms with Crippen molar-refractivity contribution in [3.63, 3.8) is 0 Å². The van der Waals surface area contributed by atoms with E-state index in [0.717, 1.165) is 60.7 Å². The van der Waals surface area contributed by atoms with Crippen molar-refractivity contribution in [2.75, 3.05) is 6.54 Å². The molecule has 8 heteroatoms. The summed E-state index contributed by atoms with van der Waals surface area (Å²) in [6, 6.07) is 17.0. The lowest BCUT2D eigenvalue weighted by atomic mass is 9.97. The molecule has 0 fully saturated rings. The van der Waals surface area contributed by atoms with Gasteiger partial charge in [0.15, 0.2) is 0 Å². The fraction of sp³-hybridized carbons (Fsp3) is 0.452. The second-order valence-corrected chi connectivity index (χ2v) is 10.3. The molecule has 0 spiro atoms. The molecule has 208 valence electrons. The summed E-state index contributed by atoms with van der Waals surface area (Å²) in [4.78, 5) is 44.6. The molecule has 8 nitrogen and oxygen atoms in total. The fourth-order valence-corrected chi connectivity index (χ4v) is 5.20. The molecule has 2 atom stereocenters. The van der Waals surface area contributed by atoms with E-state index >= 15 is 0 Å². The fourth-order valence-electron chi connectivity index (χ4n) is 5.20. The molecule has 0 unspecified atom stereocenters. The Morgan fingerprint density at radius 1 is 1.05 bits per heavy atom. The Morgan fingerprint density at radius 3 is 2.64 bits per heavy atom. The average molecular weight is 533 g/mol. The van der Waals surface area contributed by atoms with Gasteiger partial charge in [-0.05, 0) is 36.5 Å². The third kappa shape index (κ3) is 8.17. The largest absolute Gasteiger partial charge is 0.354 e. The number of fused-ring (bicyclic) bond motifs is 5. The minimum Gasteiger partial charge on any atom is -0.354 e.